The monoisotopic (exact) mass is 631 g/mol. The van der Waals surface area contributed by atoms with Gasteiger partial charge in [0, 0.05) is 11.6 Å². The molecule has 1 aromatic carbocycles. The molecule has 0 spiro atoms. The summed E-state index contributed by atoms with van der Waals surface area (Å²) in [5, 5.41) is 49.9. The highest BCUT2D eigenvalue weighted by atomic mass is 35.5. The molecule has 5 atom stereocenters. The molecular formula is C21H24Cl2N9O8P. The van der Waals surface area contributed by atoms with Gasteiger partial charge in [0.1, 0.15) is 24.1 Å². The highest BCUT2D eigenvalue weighted by Gasteiger charge is 2.52. The van der Waals surface area contributed by atoms with Gasteiger partial charge in [-0.15, -0.1) is 10.2 Å². The molecule has 17 nitrogen and oxygen atoms in total. The lowest BCUT2D eigenvalue weighted by Gasteiger charge is -2.32. The maximum absolute atomic E-state index is 12.3. The molecule has 3 aromatic heterocycles. The normalized spacial score (nSPS) is 22.7. The molecule has 0 bridgehead atoms. The van der Waals surface area contributed by atoms with E-state index in [0.717, 1.165) is 5.56 Å². The summed E-state index contributed by atoms with van der Waals surface area (Å²) in [6.45, 7) is -1.45. The van der Waals surface area contributed by atoms with E-state index in [0.29, 0.717) is 22.8 Å². The van der Waals surface area contributed by atoms with Gasteiger partial charge in [-0.1, -0.05) is 35.0 Å². The van der Waals surface area contributed by atoms with Crippen LogP contribution in [0.4, 0.5) is 5.82 Å². The van der Waals surface area contributed by atoms with Crippen LogP contribution in [0.1, 0.15) is 17.6 Å². The van der Waals surface area contributed by atoms with E-state index in [1.165, 1.54) is 10.9 Å². The molecule has 5 rings (SSSR count). The number of hydrogen-bond donors (Lipinski definition) is 7. The molecule has 0 saturated carbocycles. The van der Waals surface area contributed by atoms with Crippen molar-refractivity contribution in [3.63, 3.8) is 0 Å². The second-order valence-electron chi connectivity index (χ2n) is 9.12. The largest absolute Gasteiger partial charge is 0.393 e. The fourth-order valence-electron chi connectivity index (χ4n) is 4.28. The first-order chi connectivity index (χ1) is 19.5. The summed E-state index contributed by atoms with van der Waals surface area (Å²) in [5.41, 5.74) is 0.972. The molecule has 0 radical (unpaired) electrons. The van der Waals surface area contributed by atoms with Gasteiger partial charge in [0.2, 0.25) is 5.28 Å². The van der Waals surface area contributed by atoms with Crippen LogP contribution >= 0.6 is 30.8 Å². The summed E-state index contributed by atoms with van der Waals surface area (Å²) >= 11 is 12.4. The molecule has 4 heterocycles. The molecule has 220 valence electrons. The summed E-state index contributed by atoms with van der Waals surface area (Å²) < 4.78 is 24.8. The predicted molar refractivity (Wildman–Crippen MR) is 141 cm³/mol. The summed E-state index contributed by atoms with van der Waals surface area (Å²) in [6.07, 6.45) is -4.92. The predicted octanol–water partition coefficient (Wildman–Crippen LogP) is 0.00310. The van der Waals surface area contributed by atoms with Crippen LogP contribution in [0.2, 0.25) is 10.3 Å². The van der Waals surface area contributed by atoms with Crippen molar-refractivity contribution >= 4 is 47.6 Å². The third-order valence-electron chi connectivity index (χ3n) is 6.53. The van der Waals surface area contributed by atoms with Gasteiger partial charge >= 0.3 is 7.60 Å². The van der Waals surface area contributed by atoms with Crippen molar-refractivity contribution < 1.29 is 39.1 Å². The Labute approximate surface area is 240 Å². The SMILES string of the molecule is O=P(O)(O)C(CO)(Cc1nn[nH]n1)OC[C@H]1O[C@@H](n2ncc3c(NCc4ccccc4Cl)nc(Cl)nc32)[C@H](O)[C@@H]1O. The highest BCUT2D eigenvalue weighted by Crippen LogP contribution is 2.53. The Morgan fingerprint density at radius 3 is 2.66 bits per heavy atom. The molecule has 1 fully saturated rings. The Balaban J connectivity index is 1.36. The van der Waals surface area contributed by atoms with Gasteiger partial charge in [0.15, 0.2) is 23.0 Å². The summed E-state index contributed by atoms with van der Waals surface area (Å²) in [6, 6.07) is 7.23. The number of benzene rings is 1. The number of aromatic amines is 1. The van der Waals surface area contributed by atoms with E-state index in [1.54, 1.807) is 12.1 Å². The van der Waals surface area contributed by atoms with Crippen molar-refractivity contribution in [2.75, 3.05) is 18.5 Å². The first-order valence-electron chi connectivity index (χ1n) is 12.0. The number of hydrogen-bond acceptors (Lipinski definition) is 13. The van der Waals surface area contributed by atoms with Crippen molar-refractivity contribution in [2.24, 2.45) is 0 Å². The Kier molecular flexibility index (Phi) is 8.54. The van der Waals surface area contributed by atoms with E-state index in [-0.39, 0.29) is 16.8 Å². The number of anilines is 1. The number of aromatic nitrogens is 8. The lowest BCUT2D eigenvalue weighted by Crippen LogP contribution is -2.43. The zero-order valence-corrected chi connectivity index (χ0v) is 23.2. The minimum absolute atomic E-state index is 0.133. The number of H-pyrrole nitrogens is 1. The molecule has 1 aliphatic heterocycles. The summed E-state index contributed by atoms with van der Waals surface area (Å²) in [7, 11) is -5.14. The number of tetrazole rings is 1. The number of ether oxygens (including phenoxy) is 2. The molecule has 41 heavy (non-hydrogen) atoms. The average molecular weight is 632 g/mol. The van der Waals surface area contributed by atoms with E-state index in [9.17, 15) is 29.7 Å². The van der Waals surface area contributed by atoms with E-state index in [1.807, 2.05) is 12.1 Å². The van der Waals surface area contributed by atoms with Crippen LogP contribution in [0.3, 0.4) is 0 Å². The molecule has 0 amide bonds. The number of rotatable bonds is 11. The van der Waals surface area contributed by atoms with Crippen LogP contribution in [0.5, 0.6) is 0 Å². The van der Waals surface area contributed by atoms with Crippen LogP contribution in [0.15, 0.2) is 30.5 Å². The van der Waals surface area contributed by atoms with Crippen LogP contribution in [0, 0.1) is 0 Å². The van der Waals surface area contributed by atoms with Crippen molar-refractivity contribution in [2.45, 2.75) is 42.8 Å². The van der Waals surface area contributed by atoms with E-state index >= 15 is 0 Å². The molecular weight excluding hydrogens is 608 g/mol. The van der Waals surface area contributed by atoms with Gasteiger partial charge in [-0.3, -0.25) is 4.57 Å². The maximum Gasteiger partial charge on any atom is 0.359 e. The van der Waals surface area contributed by atoms with Crippen LogP contribution in [-0.2, 0) is 27.0 Å². The maximum atomic E-state index is 12.3. The van der Waals surface area contributed by atoms with Gasteiger partial charge in [0.25, 0.3) is 0 Å². The van der Waals surface area contributed by atoms with E-state index in [2.05, 4.69) is 41.0 Å². The fraction of sp³-hybridized carbons (Fsp3) is 0.429. The zero-order chi connectivity index (χ0) is 29.4. The van der Waals surface area contributed by atoms with Crippen LogP contribution in [-0.4, -0.2) is 102 Å². The number of nitrogens with zero attached hydrogens (tertiary/aromatic N) is 7. The van der Waals surface area contributed by atoms with Crippen molar-refractivity contribution in [3.8, 4) is 0 Å². The highest BCUT2D eigenvalue weighted by molar-refractivity contribution is 7.53. The van der Waals surface area contributed by atoms with Gasteiger partial charge in [0.05, 0.1) is 31.2 Å². The Morgan fingerprint density at radius 2 is 1.98 bits per heavy atom. The molecule has 0 aliphatic carbocycles. The fourth-order valence-corrected chi connectivity index (χ4v) is 5.42. The van der Waals surface area contributed by atoms with Gasteiger partial charge in [-0.25, -0.2) is 4.68 Å². The molecule has 4 aromatic rings. The first kappa shape index (κ1) is 29.7. The van der Waals surface area contributed by atoms with E-state index < -0.39 is 57.1 Å². The molecule has 1 saturated heterocycles. The van der Waals surface area contributed by atoms with Crippen molar-refractivity contribution in [3.05, 3.63) is 52.2 Å². The number of aliphatic hydroxyl groups is 3. The molecule has 20 heteroatoms. The number of halogens is 2. The Bertz CT molecular complexity index is 1560. The molecule has 7 N–H and O–H groups in total. The Hall–Kier alpha value is -2.83. The van der Waals surface area contributed by atoms with Gasteiger partial charge in [-0.2, -0.15) is 20.3 Å². The lowest BCUT2D eigenvalue weighted by atomic mass is 10.1. The summed E-state index contributed by atoms with van der Waals surface area (Å²) in [5.74, 6) is 0.196. The topological polar surface area (TPSA) is 247 Å². The summed E-state index contributed by atoms with van der Waals surface area (Å²) in [4.78, 5) is 28.3. The van der Waals surface area contributed by atoms with Crippen LogP contribution in [0.25, 0.3) is 11.0 Å². The Morgan fingerprint density at radius 1 is 1.20 bits per heavy atom. The van der Waals surface area contributed by atoms with Gasteiger partial charge < -0.3 is 39.9 Å². The van der Waals surface area contributed by atoms with Crippen molar-refractivity contribution in [1.82, 2.24) is 40.4 Å². The smallest absolute Gasteiger partial charge is 0.359 e. The quantitative estimate of drug-likeness (QED) is 0.0850. The first-order valence-corrected chi connectivity index (χ1v) is 14.3. The minimum Gasteiger partial charge on any atom is -0.393 e. The minimum atomic E-state index is -5.14. The van der Waals surface area contributed by atoms with E-state index in [4.69, 9.17) is 32.7 Å². The van der Waals surface area contributed by atoms with Gasteiger partial charge in [-0.05, 0) is 23.2 Å². The average Bonchev–Trinajstić information content (AvgIpc) is 3.66. The number of aliphatic hydroxyl groups excluding tert-OH is 3. The third kappa shape index (κ3) is 5.91. The van der Waals surface area contributed by atoms with Crippen LogP contribution < -0.4 is 5.32 Å². The number of nitrogens with one attached hydrogen (secondary N) is 2. The molecule has 1 unspecified atom stereocenters. The third-order valence-corrected chi connectivity index (χ3v) is 8.55. The zero-order valence-electron chi connectivity index (χ0n) is 20.8. The number of fused-ring (bicyclic) bond motifs is 1. The molecule has 1 aliphatic rings. The van der Waals surface area contributed by atoms with Crippen molar-refractivity contribution in [1.29, 1.82) is 0 Å². The second kappa shape index (κ2) is 11.8. The lowest BCUT2D eigenvalue weighted by molar-refractivity contribution is -0.109. The standard InChI is InChI=1S/C21H24Cl2N9O8P/c22-12-4-2-1-3-10(12)6-24-17-11-7-25-32(18(11)27-20(23)26-17)19-16(35)15(34)13(40-19)8-39-21(9-33,41(36,37)38)5-14-28-30-31-29-14/h1-4,7,13,15-16,19,33-35H,5-6,8-9H2,(H,24,26,27)(H2,36,37,38)(H,28,29,30,31)/t13-,15-,16-,19-,21?/m1/s1. The second-order valence-corrected chi connectivity index (χ2v) is 11.8.